The molecule has 31 heavy (non-hydrogen) atoms. The highest BCUT2D eigenvalue weighted by atomic mass is 15.3. The van der Waals surface area contributed by atoms with Crippen LogP contribution in [0, 0.1) is 6.92 Å². The number of aromatic nitrogens is 3. The van der Waals surface area contributed by atoms with Crippen LogP contribution in [-0.2, 0) is 0 Å². The quantitative estimate of drug-likeness (QED) is 0.698. The number of aromatic amines is 1. The summed E-state index contributed by atoms with van der Waals surface area (Å²) in [5, 5.41) is 0. The number of piperazine rings is 1. The smallest absolute Gasteiger partial charge is 0.124 e. The highest BCUT2D eigenvalue weighted by Crippen LogP contribution is 2.41. The zero-order chi connectivity index (χ0) is 21.1. The number of nitrogens with one attached hydrogen (secondary N) is 1. The van der Waals surface area contributed by atoms with Crippen LogP contribution in [0.2, 0.25) is 0 Å². The Morgan fingerprint density at radius 1 is 1.00 bits per heavy atom. The Balaban J connectivity index is 1.33. The predicted octanol–water partition coefficient (Wildman–Crippen LogP) is 4.06. The number of para-hydroxylation sites is 1. The largest absolute Gasteiger partial charge is 0.364 e. The number of benzene rings is 1. The summed E-state index contributed by atoms with van der Waals surface area (Å²) >= 11 is 0. The number of aryl methyl sites for hydroxylation is 1. The number of hydrogen-bond donors (Lipinski definition) is 1. The van der Waals surface area contributed by atoms with E-state index >= 15 is 0 Å². The van der Waals surface area contributed by atoms with Gasteiger partial charge in [-0.15, -0.1) is 0 Å². The number of nitrogens with zero attached hydrogens (tertiary/aromatic N) is 5. The van der Waals surface area contributed by atoms with Crippen molar-refractivity contribution in [1.29, 1.82) is 0 Å². The maximum Gasteiger partial charge on any atom is 0.124 e. The normalized spacial score (nSPS) is 29.3. The van der Waals surface area contributed by atoms with Gasteiger partial charge < -0.3 is 9.88 Å². The summed E-state index contributed by atoms with van der Waals surface area (Å²) in [5.41, 5.74) is 6.11. The molecule has 0 radical (unpaired) electrons. The minimum Gasteiger partial charge on any atom is -0.364 e. The van der Waals surface area contributed by atoms with Crippen molar-refractivity contribution in [3.8, 4) is 0 Å². The Hall–Kier alpha value is -2.44. The van der Waals surface area contributed by atoms with E-state index in [-0.39, 0.29) is 0 Å². The van der Waals surface area contributed by atoms with Gasteiger partial charge in [-0.3, -0.25) is 14.8 Å². The fourth-order valence-electron chi connectivity index (χ4n) is 6.23. The highest BCUT2D eigenvalue weighted by Gasteiger charge is 2.42. The summed E-state index contributed by atoms with van der Waals surface area (Å²) in [4.78, 5) is 21.2. The van der Waals surface area contributed by atoms with Crippen molar-refractivity contribution in [1.82, 2.24) is 24.8 Å². The third-order valence-corrected chi connectivity index (χ3v) is 7.96. The molecule has 2 aromatic heterocycles. The molecule has 2 bridgehead atoms. The molecule has 3 saturated heterocycles. The molecule has 2 unspecified atom stereocenters. The topological polar surface area (TPSA) is 51.3 Å². The average molecular weight is 417 g/mol. The molecular weight excluding hydrogens is 384 g/mol. The van der Waals surface area contributed by atoms with Crippen LogP contribution in [0.5, 0.6) is 0 Å². The van der Waals surface area contributed by atoms with Crippen LogP contribution in [0.4, 0.5) is 5.69 Å². The van der Waals surface area contributed by atoms with Gasteiger partial charge in [-0.1, -0.05) is 12.1 Å². The number of fused-ring (bicyclic) bond motifs is 3. The Morgan fingerprint density at radius 2 is 1.87 bits per heavy atom. The van der Waals surface area contributed by atoms with Crippen molar-refractivity contribution in [2.24, 2.45) is 0 Å². The molecule has 0 aliphatic carbocycles. The van der Waals surface area contributed by atoms with E-state index in [2.05, 4.69) is 65.0 Å². The van der Waals surface area contributed by atoms with E-state index in [1.807, 2.05) is 12.3 Å². The van der Waals surface area contributed by atoms with Gasteiger partial charge in [-0.2, -0.15) is 0 Å². The first-order valence-corrected chi connectivity index (χ1v) is 11.7. The third-order valence-electron chi connectivity index (χ3n) is 7.96. The molecule has 1 aromatic carbocycles. The van der Waals surface area contributed by atoms with E-state index in [1.54, 1.807) is 0 Å². The molecule has 5 heterocycles. The van der Waals surface area contributed by atoms with Crippen molar-refractivity contribution >= 4 is 16.7 Å². The van der Waals surface area contributed by atoms with Crippen LogP contribution >= 0.6 is 0 Å². The number of pyridine rings is 1. The summed E-state index contributed by atoms with van der Waals surface area (Å²) < 4.78 is 0. The second-order valence-corrected chi connectivity index (χ2v) is 9.76. The summed E-state index contributed by atoms with van der Waals surface area (Å²) in [6.07, 6.45) is 6.69. The van der Waals surface area contributed by atoms with Crippen LogP contribution in [0.15, 0.2) is 36.5 Å². The monoisotopic (exact) mass is 416 g/mol. The zero-order valence-corrected chi connectivity index (χ0v) is 18.8. The standard InChI is InChI=1S/C25H32N6/c1-16-7-6-12-26-23(16)20-9-5-11-22(30(20)3)25-27-19-8-4-10-21(24(19)28-25)31-15-17-13-18(31)14-29(17)2/h4,6-8,10,12,17-18,20,22H,5,9,11,13-15H2,1-3H3,(H,27,28)/t17?,18?,20-,22+/m0/s1. The maximum absolute atomic E-state index is 5.09. The van der Waals surface area contributed by atoms with E-state index in [0.717, 1.165) is 30.7 Å². The van der Waals surface area contributed by atoms with E-state index in [1.165, 1.54) is 41.8 Å². The first-order valence-electron chi connectivity index (χ1n) is 11.7. The second kappa shape index (κ2) is 7.31. The molecule has 3 aliphatic heterocycles. The zero-order valence-electron chi connectivity index (χ0n) is 18.8. The summed E-state index contributed by atoms with van der Waals surface area (Å²) in [5.74, 6) is 1.10. The van der Waals surface area contributed by atoms with Crippen LogP contribution in [0.3, 0.4) is 0 Å². The van der Waals surface area contributed by atoms with Crippen LogP contribution in [-0.4, -0.2) is 64.0 Å². The number of likely N-dealkylation sites (N-methyl/N-ethyl adjacent to an activating group) is 1. The molecule has 0 amide bonds. The summed E-state index contributed by atoms with van der Waals surface area (Å²) in [6.45, 7) is 4.46. The van der Waals surface area contributed by atoms with E-state index in [4.69, 9.17) is 9.97 Å². The first-order chi connectivity index (χ1) is 15.1. The molecule has 6 rings (SSSR count). The molecule has 0 spiro atoms. The van der Waals surface area contributed by atoms with Gasteiger partial charge in [0.1, 0.15) is 5.82 Å². The predicted molar refractivity (Wildman–Crippen MR) is 124 cm³/mol. The van der Waals surface area contributed by atoms with Gasteiger partial charge in [0.05, 0.1) is 34.5 Å². The average Bonchev–Trinajstić information content (AvgIpc) is 3.47. The fraction of sp³-hybridized carbons (Fsp3) is 0.520. The molecule has 1 N–H and O–H groups in total. The van der Waals surface area contributed by atoms with Gasteiger partial charge >= 0.3 is 0 Å². The van der Waals surface area contributed by atoms with Crippen LogP contribution < -0.4 is 4.90 Å². The number of hydrogen-bond acceptors (Lipinski definition) is 5. The molecule has 3 aromatic rings. The molecule has 4 atom stereocenters. The minimum absolute atomic E-state index is 0.293. The SMILES string of the molecule is Cc1cccnc1[C@@H]1CCC[C@H](c2nc3cccc(N4CC5CC4CN5C)c3[nH]2)N1C. The van der Waals surface area contributed by atoms with Crippen molar-refractivity contribution < 1.29 is 0 Å². The van der Waals surface area contributed by atoms with Crippen molar-refractivity contribution in [3.05, 3.63) is 53.6 Å². The lowest BCUT2D eigenvalue weighted by atomic mass is 9.92. The van der Waals surface area contributed by atoms with Crippen molar-refractivity contribution in [2.45, 2.75) is 56.8 Å². The number of piperidine rings is 1. The Morgan fingerprint density at radius 3 is 2.65 bits per heavy atom. The molecular formula is C25H32N6. The second-order valence-electron chi connectivity index (χ2n) is 9.76. The van der Waals surface area contributed by atoms with E-state index < -0.39 is 0 Å². The Kier molecular flexibility index (Phi) is 4.54. The Bertz CT molecular complexity index is 1100. The lowest BCUT2D eigenvalue weighted by Gasteiger charge is -2.38. The van der Waals surface area contributed by atoms with Crippen LogP contribution in [0.1, 0.15) is 54.8 Å². The van der Waals surface area contributed by atoms with E-state index in [9.17, 15) is 0 Å². The number of anilines is 1. The van der Waals surface area contributed by atoms with Crippen LogP contribution in [0.25, 0.3) is 11.0 Å². The molecule has 162 valence electrons. The number of H-pyrrole nitrogens is 1. The lowest BCUT2D eigenvalue weighted by Crippen LogP contribution is -2.44. The minimum atomic E-state index is 0.293. The van der Waals surface area contributed by atoms with Gasteiger partial charge in [0.15, 0.2) is 0 Å². The highest BCUT2D eigenvalue weighted by molar-refractivity contribution is 5.89. The molecule has 3 aliphatic rings. The summed E-state index contributed by atoms with van der Waals surface area (Å²) in [6, 6.07) is 12.8. The maximum atomic E-state index is 5.09. The van der Waals surface area contributed by atoms with Gasteiger partial charge in [0.2, 0.25) is 0 Å². The molecule has 0 saturated carbocycles. The van der Waals surface area contributed by atoms with E-state index in [0.29, 0.717) is 24.2 Å². The number of rotatable bonds is 3. The van der Waals surface area contributed by atoms with Gasteiger partial charge in [0, 0.05) is 31.4 Å². The first kappa shape index (κ1) is 19.3. The van der Waals surface area contributed by atoms with Gasteiger partial charge in [-0.05, 0) is 70.5 Å². The molecule has 6 nitrogen and oxygen atoms in total. The number of likely N-dealkylation sites (tertiary alicyclic amines) is 2. The van der Waals surface area contributed by atoms with Gasteiger partial charge in [-0.25, -0.2) is 4.98 Å². The van der Waals surface area contributed by atoms with Gasteiger partial charge in [0.25, 0.3) is 0 Å². The summed E-state index contributed by atoms with van der Waals surface area (Å²) in [7, 11) is 4.50. The lowest BCUT2D eigenvalue weighted by molar-refractivity contribution is 0.107. The molecule has 6 heteroatoms. The Labute approximate surface area is 184 Å². The molecule has 3 fully saturated rings. The number of imidazole rings is 1. The third kappa shape index (κ3) is 3.07. The van der Waals surface area contributed by atoms with Crippen molar-refractivity contribution in [2.75, 3.05) is 32.1 Å². The van der Waals surface area contributed by atoms with Crippen molar-refractivity contribution in [3.63, 3.8) is 0 Å². The fourth-order valence-corrected chi connectivity index (χ4v) is 6.23.